The normalized spacial score (nSPS) is 18.1. The van der Waals surface area contributed by atoms with Crippen molar-refractivity contribution in [1.29, 1.82) is 0 Å². The summed E-state index contributed by atoms with van der Waals surface area (Å²) >= 11 is 0. The molecule has 1 N–H and O–H groups in total. The number of rotatable bonds is 7. The summed E-state index contributed by atoms with van der Waals surface area (Å²) in [5.74, 6) is 1.74. The van der Waals surface area contributed by atoms with Crippen molar-refractivity contribution in [2.75, 3.05) is 40.1 Å². The Kier molecular flexibility index (Phi) is 5.58. The molecule has 2 aliphatic rings. The fourth-order valence-corrected chi connectivity index (χ4v) is 3.13. The van der Waals surface area contributed by atoms with E-state index < -0.39 is 0 Å². The van der Waals surface area contributed by atoms with Crippen LogP contribution in [0.25, 0.3) is 0 Å². The molecule has 1 aromatic rings. The fourth-order valence-electron chi connectivity index (χ4n) is 3.13. The number of amides is 1. The molecule has 0 aliphatic carbocycles. The fraction of sp³-hybridized carbons (Fsp3) is 0.611. The zero-order valence-corrected chi connectivity index (χ0v) is 14.6. The molecule has 3 rings (SSSR count). The second-order valence-electron chi connectivity index (χ2n) is 6.74. The van der Waals surface area contributed by atoms with Crippen molar-refractivity contribution in [2.24, 2.45) is 0 Å². The molecule has 1 saturated heterocycles. The number of fused-ring (bicyclic) bond motifs is 1. The second kappa shape index (κ2) is 7.85. The van der Waals surface area contributed by atoms with Crippen LogP contribution in [0.1, 0.15) is 25.3 Å². The quantitative estimate of drug-likeness (QED) is 0.766. The number of likely N-dealkylation sites (N-methyl/N-ethyl adjacent to an activating group) is 1. The number of nitrogens with zero attached hydrogens (tertiary/aromatic N) is 2. The molecular weight excluding hydrogens is 306 g/mol. The first-order chi connectivity index (χ1) is 11.6. The van der Waals surface area contributed by atoms with Gasteiger partial charge in [-0.05, 0) is 64.0 Å². The summed E-state index contributed by atoms with van der Waals surface area (Å²) in [6, 6.07) is 6.39. The van der Waals surface area contributed by atoms with Crippen LogP contribution in [0.3, 0.4) is 0 Å². The van der Waals surface area contributed by atoms with Gasteiger partial charge in [-0.2, -0.15) is 0 Å². The van der Waals surface area contributed by atoms with Crippen molar-refractivity contribution in [3.05, 3.63) is 23.8 Å². The summed E-state index contributed by atoms with van der Waals surface area (Å²) < 4.78 is 10.8. The van der Waals surface area contributed by atoms with E-state index in [0.717, 1.165) is 31.0 Å². The highest BCUT2D eigenvalue weighted by Gasteiger charge is 2.17. The monoisotopic (exact) mass is 333 g/mol. The lowest BCUT2D eigenvalue weighted by Crippen LogP contribution is -2.44. The van der Waals surface area contributed by atoms with Crippen LogP contribution in [0.4, 0.5) is 0 Å². The molecule has 0 bridgehead atoms. The first kappa shape index (κ1) is 17.0. The molecule has 6 nitrogen and oxygen atoms in total. The van der Waals surface area contributed by atoms with Crippen LogP contribution in [0.15, 0.2) is 18.2 Å². The molecular formula is C18H27N3O3. The van der Waals surface area contributed by atoms with Gasteiger partial charge in [0.2, 0.25) is 12.7 Å². The van der Waals surface area contributed by atoms with E-state index in [9.17, 15) is 4.79 Å². The summed E-state index contributed by atoms with van der Waals surface area (Å²) in [7, 11) is 2.04. The zero-order chi connectivity index (χ0) is 16.9. The van der Waals surface area contributed by atoms with Gasteiger partial charge < -0.3 is 14.8 Å². The van der Waals surface area contributed by atoms with E-state index in [1.165, 1.54) is 18.4 Å². The number of carbonyl (C=O) groups excluding carboxylic acids is 1. The Morgan fingerprint density at radius 2 is 2.04 bits per heavy atom. The van der Waals surface area contributed by atoms with Crippen LogP contribution in [0.5, 0.6) is 11.5 Å². The second-order valence-corrected chi connectivity index (χ2v) is 6.74. The summed E-state index contributed by atoms with van der Waals surface area (Å²) in [6.45, 7) is 5.64. The van der Waals surface area contributed by atoms with Crippen LogP contribution in [-0.2, 0) is 11.2 Å². The van der Waals surface area contributed by atoms with Crippen molar-refractivity contribution < 1.29 is 14.3 Å². The van der Waals surface area contributed by atoms with Gasteiger partial charge in [0, 0.05) is 6.04 Å². The maximum Gasteiger partial charge on any atom is 0.235 e. The summed E-state index contributed by atoms with van der Waals surface area (Å²) in [4.78, 5) is 16.4. The van der Waals surface area contributed by atoms with Gasteiger partial charge in [-0.25, -0.2) is 0 Å². The van der Waals surface area contributed by atoms with E-state index in [1.807, 2.05) is 19.2 Å². The average Bonchev–Trinajstić information content (AvgIpc) is 3.23. The van der Waals surface area contributed by atoms with Gasteiger partial charge in [0.15, 0.2) is 11.5 Å². The van der Waals surface area contributed by atoms with Crippen LogP contribution in [0.2, 0.25) is 0 Å². The largest absolute Gasteiger partial charge is 0.454 e. The van der Waals surface area contributed by atoms with Crippen LogP contribution < -0.4 is 14.8 Å². The van der Waals surface area contributed by atoms with E-state index in [1.54, 1.807) is 0 Å². The summed E-state index contributed by atoms with van der Waals surface area (Å²) in [5.41, 5.74) is 1.21. The molecule has 1 fully saturated rings. The number of carbonyl (C=O) groups is 1. The topological polar surface area (TPSA) is 54.0 Å². The number of hydrogen-bond acceptors (Lipinski definition) is 5. The molecule has 132 valence electrons. The predicted octanol–water partition coefficient (Wildman–Crippen LogP) is 1.45. The van der Waals surface area contributed by atoms with Crippen molar-refractivity contribution >= 4 is 5.91 Å². The number of likely N-dealkylation sites (tertiary alicyclic amines) is 1. The maximum atomic E-state index is 12.0. The number of nitrogens with one attached hydrogen (secondary N) is 1. The highest BCUT2D eigenvalue weighted by Crippen LogP contribution is 2.32. The van der Waals surface area contributed by atoms with Gasteiger partial charge in [0.1, 0.15) is 0 Å². The van der Waals surface area contributed by atoms with Crippen LogP contribution in [-0.4, -0.2) is 61.9 Å². The van der Waals surface area contributed by atoms with E-state index in [2.05, 4.69) is 28.1 Å². The number of ether oxygens (including phenoxy) is 2. The van der Waals surface area contributed by atoms with Crippen molar-refractivity contribution in [3.63, 3.8) is 0 Å². The third-order valence-electron chi connectivity index (χ3n) is 4.81. The summed E-state index contributed by atoms with van der Waals surface area (Å²) in [5, 5.41) is 3.02. The first-order valence-electron chi connectivity index (χ1n) is 8.69. The lowest BCUT2D eigenvalue weighted by molar-refractivity contribution is -0.122. The molecule has 2 aliphatic heterocycles. The third-order valence-corrected chi connectivity index (χ3v) is 4.81. The minimum absolute atomic E-state index is 0.110. The van der Waals surface area contributed by atoms with Crippen LogP contribution in [0, 0.1) is 0 Å². The first-order valence-corrected chi connectivity index (χ1v) is 8.69. The highest BCUT2D eigenvalue weighted by molar-refractivity contribution is 5.77. The Hall–Kier alpha value is -1.79. The van der Waals surface area contributed by atoms with Crippen molar-refractivity contribution in [2.45, 2.75) is 32.2 Å². The number of hydrogen-bond donors (Lipinski definition) is 1. The van der Waals surface area contributed by atoms with Crippen LogP contribution >= 0.6 is 0 Å². The van der Waals surface area contributed by atoms with Gasteiger partial charge in [0.25, 0.3) is 0 Å². The molecule has 1 amide bonds. The SMILES string of the molecule is CC(Cc1ccc2c(c1)OCO2)N(C)CNC(=O)CN1CCCC1. The van der Waals surface area contributed by atoms with E-state index in [-0.39, 0.29) is 5.91 Å². The third kappa shape index (κ3) is 4.39. The summed E-state index contributed by atoms with van der Waals surface area (Å²) in [6.07, 6.45) is 3.31. The lowest BCUT2D eigenvalue weighted by atomic mass is 10.1. The molecule has 0 spiro atoms. The minimum atomic E-state index is 0.110. The van der Waals surface area contributed by atoms with Crippen molar-refractivity contribution in [1.82, 2.24) is 15.1 Å². The van der Waals surface area contributed by atoms with Gasteiger partial charge in [0.05, 0.1) is 13.2 Å². The Bertz CT molecular complexity index is 573. The Morgan fingerprint density at radius 1 is 1.29 bits per heavy atom. The molecule has 1 unspecified atom stereocenters. The van der Waals surface area contributed by atoms with E-state index in [4.69, 9.17) is 9.47 Å². The van der Waals surface area contributed by atoms with E-state index >= 15 is 0 Å². The van der Waals surface area contributed by atoms with Gasteiger partial charge in [-0.15, -0.1) is 0 Å². The maximum absolute atomic E-state index is 12.0. The smallest absolute Gasteiger partial charge is 0.235 e. The predicted molar refractivity (Wildman–Crippen MR) is 92.2 cm³/mol. The average molecular weight is 333 g/mol. The zero-order valence-electron chi connectivity index (χ0n) is 14.6. The standard InChI is InChI=1S/C18H27N3O3/c1-14(9-15-5-6-16-17(10-15)24-13-23-16)20(2)12-19-18(22)11-21-7-3-4-8-21/h5-6,10,14H,3-4,7-9,11-13H2,1-2H3,(H,19,22). The Balaban J connectivity index is 1.42. The molecule has 2 heterocycles. The minimum Gasteiger partial charge on any atom is -0.454 e. The highest BCUT2D eigenvalue weighted by atomic mass is 16.7. The number of benzene rings is 1. The van der Waals surface area contributed by atoms with E-state index in [0.29, 0.717) is 26.0 Å². The molecule has 0 radical (unpaired) electrons. The molecule has 0 aromatic heterocycles. The van der Waals surface area contributed by atoms with Gasteiger partial charge in [-0.1, -0.05) is 6.07 Å². The molecule has 0 saturated carbocycles. The Morgan fingerprint density at radius 3 is 2.83 bits per heavy atom. The molecule has 6 heteroatoms. The molecule has 1 atom stereocenters. The Labute approximate surface area is 143 Å². The van der Waals surface area contributed by atoms with Crippen molar-refractivity contribution in [3.8, 4) is 11.5 Å². The molecule has 24 heavy (non-hydrogen) atoms. The van der Waals surface area contributed by atoms with Gasteiger partial charge >= 0.3 is 0 Å². The lowest BCUT2D eigenvalue weighted by Gasteiger charge is -2.25. The van der Waals surface area contributed by atoms with Gasteiger partial charge in [-0.3, -0.25) is 14.6 Å². The molecule has 1 aromatic carbocycles.